The molecule has 104 valence electrons. The monoisotopic (exact) mass is 304 g/mol. The number of nitrogens with one attached hydrogen (secondary N) is 1. The van der Waals surface area contributed by atoms with E-state index in [4.69, 9.17) is 16.3 Å². The molecule has 1 N–H and O–H groups in total. The van der Waals surface area contributed by atoms with Gasteiger partial charge in [-0.15, -0.1) is 11.3 Å². The second-order valence-electron chi connectivity index (χ2n) is 3.74. The van der Waals surface area contributed by atoms with Gasteiger partial charge in [-0.3, -0.25) is 9.59 Å². The van der Waals surface area contributed by atoms with E-state index in [1.54, 1.807) is 20.2 Å². The molecule has 0 aliphatic heterocycles. The minimum Gasteiger partial charge on any atom is -0.451 e. The van der Waals surface area contributed by atoms with Crippen molar-refractivity contribution in [3.63, 3.8) is 0 Å². The Morgan fingerprint density at radius 3 is 2.58 bits per heavy atom. The predicted octanol–water partition coefficient (Wildman–Crippen LogP) is 0.763. The van der Waals surface area contributed by atoms with Crippen molar-refractivity contribution in [1.82, 2.24) is 10.2 Å². The van der Waals surface area contributed by atoms with Crippen LogP contribution in [0.25, 0.3) is 0 Å². The Labute approximate surface area is 119 Å². The molecule has 0 atom stereocenters. The van der Waals surface area contributed by atoms with Crippen molar-refractivity contribution in [2.24, 2.45) is 0 Å². The van der Waals surface area contributed by atoms with E-state index in [9.17, 15) is 14.4 Å². The molecule has 0 saturated carbocycles. The van der Waals surface area contributed by atoms with Gasteiger partial charge < -0.3 is 15.0 Å². The molecule has 0 aliphatic carbocycles. The molecule has 1 aromatic heterocycles. The quantitative estimate of drug-likeness (QED) is 0.815. The van der Waals surface area contributed by atoms with E-state index < -0.39 is 18.5 Å². The van der Waals surface area contributed by atoms with Crippen LogP contribution in [0.15, 0.2) is 12.1 Å². The van der Waals surface area contributed by atoms with Crippen LogP contribution in [0.1, 0.15) is 9.67 Å². The van der Waals surface area contributed by atoms with Crippen molar-refractivity contribution in [3.8, 4) is 0 Å². The molecule has 0 spiro atoms. The Morgan fingerprint density at radius 2 is 2.05 bits per heavy atom. The summed E-state index contributed by atoms with van der Waals surface area (Å²) in [6.07, 6.45) is 0. The zero-order chi connectivity index (χ0) is 14.4. The molecule has 1 heterocycles. The molecule has 1 rings (SSSR count). The van der Waals surface area contributed by atoms with Crippen LogP contribution in [0.4, 0.5) is 0 Å². The number of amides is 2. The lowest BCUT2D eigenvalue weighted by molar-refractivity contribution is -0.131. The third kappa shape index (κ3) is 5.27. The fraction of sp³-hybridized carbons (Fsp3) is 0.364. The molecule has 0 aromatic carbocycles. The summed E-state index contributed by atoms with van der Waals surface area (Å²) < 4.78 is 5.24. The molecular formula is C11H13ClN2O4S. The van der Waals surface area contributed by atoms with Crippen molar-refractivity contribution >= 4 is 40.7 Å². The van der Waals surface area contributed by atoms with Crippen molar-refractivity contribution in [1.29, 1.82) is 0 Å². The summed E-state index contributed by atoms with van der Waals surface area (Å²) in [7, 11) is 3.16. The number of likely N-dealkylation sites (N-methyl/N-ethyl adjacent to an activating group) is 1. The van der Waals surface area contributed by atoms with Crippen LogP contribution in [0.2, 0.25) is 4.34 Å². The highest BCUT2D eigenvalue weighted by atomic mass is 35.5. The van der Waals surface area contributed by atoms with Crippen LogP contribution in [-0.2, 0) is 14.3 Å². The number of hydrogen-bond donors (Lipinski definition) is 1. The van der Waals surface area contributed by atoms with E-state index in [1.165, 1.54) is 11.0 Å². The first-order chi connectivity index (χ1) is 8.90. The van der Waals surface area contributed by atoms with E-state index in [1.807, 2.05) is 0 Å². The normalized spacial score (nSPS) is 9.84. The van der Waals surface area contributed by atoms with Gasteiger partial charge in [-0.05, 0) is 12.1 Å². The average Bonchev–Trinajstić information content (AvgIpc) is 2.79. The van der Waals surface area contributed by atoms with Gasteiger partial charge in [-0.1, -0.05) is 11.6 Å². The summed E-state index contributed by atoms with van der Waals surface area (Å²) in [6.45, 7) is -0.566. The molecule has 2 amide bonds. The van der Waals surface area contributed by atoms with Gasteiger partial charge in [0.2, 0.25) is 5.91 Å². The highest BCUT2D eigenvalue weighted by molar-refractivity contribution is 7.17. The largest absolute Gasteiger partial charge is 0.451 e. The number of halogens is 1. The summed E-state index contributed by atoms with van der Waals surface area (Å²) in [6, 6.07) is 3.08. The highest BCUT2D eigenvalue weighted by Crippen LogP contribution is 2.21. The Bertz CT molecular complexity index is 487. The van der Waals surface area contributed by atoms with Crippen LogP contribution in [-0.4, -0.2) is 49.9 Å². The molecular weight excluding hydrogens is 292 g/mol. The highest BCUT2D eigenvalue weighted by Gasteiger charge is 2.13. The number of ether oxygens (including phenoxy) is 1. The lowest BCUT2D eigenvalue weighted by Crippen LogP contribution is -2.38. The molecule has 0 saturated heterocycles. The van der Waals surface area contributed by atoms with Gasteiger partial charge in [0.05, 0.1) is 10.9 Å². The Hall–Kier alpha value is -1.60. The second kappa shape index (κ2) is 7.10. The smallest absolute Gasteiger partial charge is 0.348 e. The Kier molecular flexibility index (Phi) is 5.78. The van der Waals surface area contributed by atoms with E-state index in [0.29, 0.717) is 9.21 Å². The third-order valence-corrected chi connectivity index (χ3v) is 3.26. The van der Waals surface area contributed by atoms with Gasteiger partial charge >= 0.3 is 5.97 Å². The first kappa shape index (κ1) is 15.5. The molecule has 0 fully saturated rings. The minimum absolute atomic E-state index is 0.131. The summed E-state index contributed by atoms with van der Waals surface area (Å²) in [5.74, 6) is -1.40. The number of carbonyl (C=O) groups is 3. The van der Waals surface area contributed by atoms with Gasteiger partial charge in [0.1, 0.15) is 4.88 Å². The molecule has 0 bridgehead atoms. The zero-order valence-corrected chi connectivity index (χ0v) is 12.0. The average molecular weight is 305 g/mol. The zero-order valence-electron chi connectivity index (χ0n) is 10.4. The van der Waals surface area contributed by atoms with Crippen LogP contribution in [0.5, 0.6) is 0 Å². The molecule has 1 aromatic rings. The van der Waals surface area contributed by atoms with Crippen LogP contribution >= 0.6 is 22.9 Å². The van der Waals surface area contributed by atoms with Crippen LogP contribution in [0, 0.1) is 0 Å². The third-order valence-electron chi connectivity index (χ3n) is 2.04. The van der Waals surface area contributed by atoms with Gasteiger partial charge in [-0.25, -0.2) is 4.79 Å². The van der Waals surface area contributed by atoms with Crippen molar-refractivity contribution in [2.75, 3.05) is 27.2 Å². The first-order valence-corrected chi connectivity index (χ1v) is 6.49. The number of rotatable bonds is 5. The predicted molar refractivity (Wildman–Crippen MR) is 71.3 cm³/mol. The molecule has 19 heavy (non-hydrogen) atoms. The summed E-state index contributed by atoms with van der Waals surface area (Å²) in [5, 5.41) is 2.35. The number of carbonyl (C=O) groups excluding carboxylic acids is 3. The summed E-state index contributed by atoms with van der Waals surface area (Å²) >= 11 is 6.74. The SMILES string of the molecule is CN(C)C(=O)CNC(=O)COC(=O)c1ccc(Cl)s1. The number of esters is 1. The minimum atomic E-state index is -0.619. The van der Waals surface area contributed by atoms with Gasteiger partial charge in [0.15, 0.2) is 6.61 Å². The first-order valence-electron chi connectivity index (χ1n) is 5.29. The maximum absolute atomic E-state index is 11.5. The van der Waals surface area contributed by atoms with Gasteiger partial charge in [0, 0.05) is 14.1 Å². The van der Waals surface area contributed by atoms with Gasteiger partial charge in [0.25, 0.3) is 5.91 Å². The fourth-order valence-electron chi connectivity index (χ4n) is 1.01. The molecule has 0 unspecified atom stereocenters. The lowest BCUT2D eigenvalue weighted by atomic mass is 10.5. The Balaban J connectivity index is 2.30. The van der Waals surface area contributed by atoms with E-state index in [2.05, 4.69) is 5.32 Å². The van der Waals surface area contributed by atoms with Gasteiger partial charge in [-0.2, -0.15) is 0 Å². The van der Waals surface area contributed by atoms with E-state index in [-0.39, 0.29) is 12.5 Å². The molecule has 6 nitrogen and oxygen atoms in total. The maximum atomic E-state index is 11.5. The number of nitrogens with zero attached hydrogens (tertiary/aromatic N) is 1. The summed E-state index contributed by atoms with van der Waals surface area (Å²) in [5.41, 5.74) is 0. The van der Waals surface area contributed by atoms with Crippen LogP contribution in [0.3, 0.4) is 0 Å². The topological polar surface area (TPSA) is 75.7 Å². The Morgan fingerprint density at radius 1 is 1.37 bits per heavy atom. The van der Waals surface area contributed by atoms with Crippen molar-refractivity contribution in [3.05, 3.63) is 21.3 Å². The lowest BCUT2D eigenvalue weighted by Gasteiger charge is -2.10. The van der Waals surface area contributed by atoms with E-state index in [0.717, 1.165) is 11.3 Å². The van der Waals surface area contributed by atoms with Crippen molar-refractivity contribution in [2.45, 2.75) is 0 Å². The second-order valence-corrected chi connectivity index (χ2v) is 5.46. The fourth-order valence-corrected chi connectivity index (χ4v) is 1.95. The number of hydrogen-bond acceptors (Lipinski definition) is 5. The molecule has 8 heteroatoms. The molecule has 0 aliphatic rings. The van der Waals surface area contributed by atoms with E-state index >= 15 is 0 Å². The summed E-state index contributed by atoms with van der Waals surface area (Å²) in [4.78, 5) is 35.7. The maximum Gasteiger partial charge on any atom is 0.348 e. The molecule has 0 radical (unpaired) electrons. The standard InChI is InChI=1S/C11H13ClN2O4S/c1-14(2)10(16)5-13-9(15)6-18-11(17)7-3-4-8(12)19-7/h3-4H,5-6H2,1-2H3,(H,13,15). The number of thiophene rings is 1. The van der Waals surface area contributed by atoms with Crippen molar-refractivity contribution < 1.29 is 19.1 Å². The van der Waals surface area contributed by atoms with Crippen LogP contribution < -0.4 is 5.32 Å².